The average Bonchev–Trinajstić information content (AvgIpc) is 2.68. The van der Waals surface area contributed by atoms with Gasteiger partial charge < -0.3 is 5.32 Å². The smallest absolute Gasteiger partial charge is 0.231 e. The van der Waals surface area contributed by atoms with E-state index in [0.717, 1.165) is 20.5 Å². The van der Waals surface area contributed by atoms with Crippen LogP contribution in [0.25, 0.3) is 0 Å². The van der Waals surface area contributed by atoms with Crippen LogP contribution in [0.2, 0.25) is 0 Å². The molecule has 2 nitrogen and oxygen atoms in total. The fourth-order valence-corrected chi connectivity index (χ4v) is 4.11. The summed E-state index contributed by atoms with van der Waals surface area (Å²) >= 11 is 5.05. The molecule has 1 amide bonds. The Balaban J connectivity index is 1.72. The molecule has 0 spiro atoms. The number of aryl methyl sites for hydroxylation is 1. The number of rotatable bonds is 6. The van der Waals surface area contributed by atoms with Crippen molar-refractivity contribution >= 4 is 33.6 Å². The van der Waals surface area contributed by atoms with E-state index in [0.29, 0.717) is 5.75 Å². The summed E-state index contributed by atoms with van der Waals surface area (Å²) in [6, 6.07) is 26.1. The fourth-order valence-electron chi connectivity index (χ4n) is 2.73. The lowest BCUT2D eigenvalue weighted by molar-refractivity contribution is -0.119. The van der Waals surface area contributed by atoms with Gasteiger partial charge in [-0.3, -0.25) is 4.79 Å². The quantitative estimate of drug-likeness (QED) is 0.508. The normalized spacial score (nSPS) is 10.7. The van der Waals surface area contributed by atoms with Crippen LogP contribution < -0.4 is 5.32 Å². The van der Waals surface area contributed by atoms with Crippen LogP contribution in [0.15, 0.2) is 88.2 Å². The monoisotopic (exact) mass is 425 g/mol. The minimum Gasteiger partial charge on any atom is -0.344 e. The summed E-state index contributed by atoms with van der Waals surface area (Å²) in [5.74, 6) is 0.403. The van der Waals surface area contributed by atoms with Crippen molar-refractivity contribution in [3.63, 3.8) is 0 Å². The van der Waals surface area contributed by atoms with E-state index in [-0.39, 0.29) is 11.9 Å². The Hall–Kier alpha value is -2.04. The van der Waals surface area contributed by atoms with Crippen molar-refractivity contribution < 1.29 is 4.79 Å². The number of hydrogen-bond acceptors (Lipinski definition) is 2. The van der Waals surface area contributed by atoms with E-state index in [1.54, 1.807) is 11.8 Å². The third-order valence-corrected chi connectivity index (χ3v) is 5.73. The summed E-state index contributed by atoms with van der Waals surface area (Å²) < 4.78 is 1.03. The topological polar surface area (TPSA) is 29.1 Å². The Morgan fingerprint density at radius 2 is 1.54 bits per heavy atom. The first kappa shape index (κ1) is 18.7. The number of carbonyl (C=O) groups excluding carboxylic acids is 1. The Labute approximate surface area is 167 Å². The molecule has 0 aliphatic rings. The number of halogens is 1. The zero-order chi connectivity index (χ0) is 18.4. The molecule has 3 aromatic rings. The largest absolute Gasteiger partial charge is 0.344 e. The first-order valence-corrected chi connectivity index (χ1v) is 10.2. The van der Waals surface area contributed by atoms with Gasteiger partial charge in [0.25, 0.3) is 0 Å². The molecule has 3 aromatic carbocycles. The van der Waals surface area contributed by atoms with E-state index in [9.17, 15) is 4.79 Å². The molecule has 0 heterocycles. The van der Waals surface area contributed by atoms with Crippen molar-refractivity contribution in [2.75, 3.05) is 5.75 Å². The molecule has 0 saturated heterocycles. The Kier molecular flexibility index (Phi) is 6.53. The van der Waals surface area contributed by atoms with E-state index in [1.807, 2.05) is 66.7 Å². The minimum atomic E-state index is -0.144. The van der Waals surface area contributed by atoms with Gasteiger partial charge >= 0.3 is 0 Å². The first-order chi connectivity index (χ1) is 12.6. The summed E-state index contributed by atoms with van der Waals surface area (Å²) in [4.78, 5) is 13.7. The molecular formula is C22H20BrNOS. The van der Waals surface area contributed by atoms with Crippen LogP contribution in [0.4, 0.5) is 0 Å². The average molecular weight is 426 g/mol. The van der Waals surface area contributed by atoms with Gasteiger partial charge in [-0.2, -0.15) is 0 Å². The van der Waals surface area contributed by atoms with Crippen LogP contribution in [-0.4, -0.2) is 11.7 Å². The van der Waals surface area contributed by atoms with Gasteiger partial charge in [0, 0.05) is 9.37 Å². The lowest BCUT2D eigenvalue weighted by atomic mass is 9.99. The number of amides is 1. The van der Waals surface area contributed by atoms with Crippen molar-refractivity contribution in [3.8, 4) is 0 Å². The van der Waals surface area contributed by atoms with Crippen molar-refractivity contribution in [3.05, 3.63) is 100 Å². The van der Waals surface area contributed by atoms with Crippen molar-refractivity contribution in [2.24, 2.45) is 0 Å². The van der Waals surface area contributed by atoms with Gasteiger partial charge in [-0.05, 0) is 35.7 Å². The molecule has 0 aliphatic heterocycles. The minimum absolute atomic E-state index is 0.0204. The number of benzene rings is 3. The zero-order valence-corrected chi connectivity index (χ0v) is 16.9. The SMILES string of the molecule is Cc1ccc(Br)cc1SCC(=O)NC(c1ccccc1)c1ccccc1. The highest BCUT2D eigenvalue weighted by Crippen LogP contribution is 2.27. The molecular weight excluding hydrogens is 406 g/mol. The van der Waals surface area contributed by atoms with Crippen LogP contribution >= 0.6 is 27.7 Å². The second kappa shape index (κ2) is 9.06. The standard InChI is InChI=1S/C22H20BrNOS/c1-16-12-13-19(23)14-20(16)26-15-21(25)24-22(17-8-4-2-5-9-17)18-10-6-3-7-11-18/h2-14,22H,15H2,1H3,(H,24,25). The second-order valence-corrected chi connectivity index (χ2v) is 7.95. The van der Waals surface area contributed by atoms with Crippen LogP contribution in [0.3, 0.4) is 0 Å². The molecule has 0 bridgehead atoms. The molecule has 0 atom stereocenters. The fraction of sp³-hybridized carbons (Fsp3) is 0.136. The van der Waals surface area contributed by atoms with E-state index >= 15 is 0 Å². The molecule has 0 aliphatic carbocycles. The van der Waals surface area contributed by atoms with Gasteiger partial charge in [0.2, 0.25) is 5.91 Å². The molecule has 1 N–H and O–H groups in total. The molecule has 132 valence electrons. The van der Waals surface area contributed by atoms with Gasteiger partial charge in [0.05, 0.1) is 11.8 Å². The predicted molar refractivity (Wildman–Crippen MR) is 112 cm³/mol. The van der Waals surface area contributed by atoms with Crippen LogP contribution in [-0.2, 0) is 4.79 Å². The van der Waals surface area contributed by atoms with Crippen LogP contribution in [0.1, 0.15) is 22.7 Å². The highest BCUT2D eigenvalue weighted by Gasteiger charge is 2.16. The molecule has 0 fully saturated rings. The number of thioether (sulfide) groups is 1. The molecule has 4 heteroatoms. The molecule has 0 unspecified atom stereocenters. The maximum atomic E-state index is 12.6. The molecule has 0 aromatic heterocycles. The highest BCUT2D eigenvalue weighted by atomic mass is 79.9. The third-order valence-electron chi connectivity index (χ3n) is 4.08. The van der Waals surface area contributed by atoms with E-state index in [1.165, 1.54) is 5.56 Å². The van der Waals surface area contributed by atoms with E-state index in [2.05, 4.69) is 40.3 Å². The third kappa shape index (κ3) is 4.99. The van der Waals surface area contributed by atoms with Crippen molar-refractivity contribution in [1.82, 2.24) is 5.32 Å². The van der Waals surface area contributed by atoms with Gasteiger partial charge in [0.1, 0.15) is 0 Å². The van der Waals surface area contributed by atoms with Gasteiger partial charge in [-0.15, -0.1) is 11.8 Å². The Morgan fingerprint density at radius 1 is 0.962 bits per heavy atom. The number of carbonyl (C=O) groups is 1. The summed E-state index contributed by atoms with van der Waals surface area (Å²) in [6.07, 6.45) is 0. The van der Waals surface area contributed by atoms with Crippen LogP contribution in [0, 0.1) is 6.92 Å². The number of nitrogens with one attached hydrogen (secondary N) is 1. The first-order valence-electron chi connectivity index (χ1n) is 8.41. The summed E-state index contributed by atoms with van der Waals surface area (Å²) in [7, 11) is 0. The highest BCUT2D eigenvalue weighted by molar-refractivity contribution is 9.10. The Bertz CT molecular complexity index is 828. The molecule has 3 rings (SSSR count). The zero-order valence-electron chi connectivity index (χ0n) is 14.5. The maximum Gasteiger partial charge on any atom is 0.231 e. The van der Waals surface area contributed by atoms with Crippen LogP contribution in [0.5, 0.6) is 0 Å². The van der Waals surface area contributed by atoms with Gasteiger partial charge in [-0.25, -0.2) is 0 Å². The van der Waals surface area contributed by atoms with Gasteiger partial charge in [0.15, 0.2) is 0 Å². The van der Waals surface area contributed by atoms with E-state index in [4.69, 9.17) is 0 Å². The summed E-state index contributed by atoms with van der Waals surface area (Å²) in [5, 5.41) is 3.18. The predicted octanol–water partition coefficient (Wildman–Crippen LogP) is 5.76. The maximum absolute atomic E-state index is 12.6. The molecule has 0 radical (unpaired) electrons. The number of hydrogen-bond donors (Lipinski definition) is 1. The van der Waals surface area contributed by atoms with Crippen molar-refractivity contribution in [1.29, 1.82) is 0 Å². The summed E-state index contributed by atoms with van der Waals surface area (Å²) in [6.45, 7) is 2.06. The lowest BCUT2D eigenvalue weighted by Gasteiger charge is -2.20. The lowest BCUT2D eigenvalue weighted by Crippen LogP contribution is -2.30. The van der Waals surface area contributed by atoms with E-state index < -0.39 is 0 Å². The van der Waals surface area contributed by atoms with Gasteiger partial charge in [-0.1, -0.05) is 82.7 Å². The molecule has 26 heavy (non-hydrogen) atoms. The second-order valence-electron chi connectivity index (χ2n) is 6.02. The summed E-state index contributed by atoms with van der Waals surface area (Å²) in [5.41, 5.74) is 3.33. The molecule has 0 saturated carbocycles. The Morgan fingerprint density at radius 3 is 2.12 bits per heavy atom. The van der Waals surface area contributed by atoms with Crippen molar-refractivity contribution in [2.45, 2.75) is 17.9 Å².